The lowest BCUT2D eigenvalue weighted by Crippen LogP contribution is -2.34. The van der Waals surface area contributed by atoms with Crippen molar-refractivity contribution >= 4 is 23.3 Å². The van der Waals surface area contributed by atoms with Gasteiger partial charge in [-0.3, -0.25) is 4.79 Å². The van der Waals surface area contributed by atoms with E-state index in [1.165, 1.54) is 11.2 Å². The first-order chi connectivity index (χ1) is 13.2. The summed E-state index contributed by atoms with van der Waals surface area (Å²) in [6.45, 7) is 5.16. The number of furan rings is 1. The molecule has 0 radical (unpaired) electrons. The molecule has 7 nitrogen and oxygen atoms in total. The highest BCUT2D eigenvalue weighted by Crippen LogP contribution is 2.26. The summed E-state index contributed by atoms with van der Waals surface area (Å²) in [6.07, 6.45) is 1.50. The summed E-state index contributed by atoms with van der Waals surface area (Å²) in [5.41, 5.74) is 2.63. The second-order valence-corrected chi connectivity index (χ2v) is 7.62. The van der Waals surface area contributed by atoms with Crippen molar-refractivity contribution in [3.05, 3.63) is 47.9 Å². The Labute approximate surface area is 166 Å². The highest BCUT2D eigenvalue weighted by Gasteiger charge is 2.21. The SMILES string of the molecule is CC(C)CN(Cc1cc(NC(=O)N(C)C)ccc1N(C)C)C(=O)c1ccco1. The van der Waals surface area contributed by atoms with Gasteiger partial charge in [0.2, 0.25) is 0 Å². The van der Waals surface area contributed by atoms with Crippen molar-refractivity contribution in [2.24, 2.45) is 5.92 Å². The minimum atomic E-state index is -0.200. The highest BCUT2D eigenvalue weighted by atomic mass is 16.3. The second kappa shape index (κ2) is 9.30. The van der Waals surface area contributed by atoms with E-state index < -0.39 is 0 Å². The van der Waals surface area contributed by atoms with Crippen LogP contribution in [-0.4, -0.2) is 56.5 Å². The van der Waals surface area contributed by atoms with Crippen LogP contribution >= 0.6 is 0 Å². The summed E-state index contributed by atoms with van der Waals surface area (Å²) in [4.78, 5) is 30.2. The van der Waals surface area contributed by atoms with Crippen molar-refractivity contribution in [2.75, 3.05) is 45.0 Å². The molecule has 2 aromatic rings. The molecule has 1 aromatic heterocycles. The molecule has 0 saturated carbocycles. The van der Waals surface area contributed by atoms with Crippen molar-refractivity contribution in [1.29, 1.82) is 0 Å². The van der Waals surface area contributed by atoms with Gasteiger partial charge in [-0.1, -0.05) is 13.8 Å². The van der Waals surface area contributed by atoms with Crippen LogP contribution in [0.2, 0.25) is 0 Å². The van der Waals surface area contributed by atoms with Gasteiger partial charge in [0.1, 0.15) is 0 Å². The predicted octanol–water partition coefficient (Wildman–Crippen LogP) is 3.74. The Morgan fingerprint density at radius 3 is 2.36 bits per heavy atom. The summed E-state index contributed by atoms with van der Waals surface area (Å²) in [7, 11) is 7.30. The third-order valence-electron chi connectivity index (χ3n) is 4.18. The Morgan fingerprint density at radius 1 is 1.11 bits per heavy atom. The van der Waals surface area contributed by atoms with Crippen molar-refractivity contribution in [2.45, 2.75) is 20.4 Å². The number of carbonyl (C=O) groups is 2. The molecule has 0 aliphatic rings. The summed E-state index contributed by atoms with van der Waals surface area (Å²) in [5.74, 6) is 0.480. The molecule has 0 spiro atoms. The molecule has 3 amide bonds. The Morgan fingerprint density at radius 2 is 1.82 bits per heavy atom. The van der Waals surface area contributed by atoms with Crippen molar-refractivity contribution in [1.82, 2.24) is 9.80 Å². The molecule has 0 bridgehead atoms. The zero-order chi connectivity index (χ0) is 20.8. The lowest BCUT2D eigenvalue weighted by molar-refractivity contribution is 0.0690. The number of benzene rings is 1. The molecule has 0 unspecified atom stereocenters. The minimum Gasteiger partial charge on any atom is -0.459 e. The zero-order valence-electron chi connectivity index (χ0n) is 17.5. The van der Waals surface area contributed by atoms with Gasteiger partial charge in [-0.05, 0) is 41.8 Å². The van der Waals surface area contributed by atoms with Crippen LogP contribution in [0.15, 0.2) is 41.0 Å². The molecule has 1 aromatic carbocycles. The fourth-order valence-electron chi connectivity index (χ4n) is 2.88. The zero-order valence-corrected chi connectivity index (χ0v) is 17.5. The van der Waals surface area contributed by atoms with Crippen LogP contribution in [0.3, 0.4) is 0 Å². The molecule has 152 valence electrons. The molecule has 0 atom stereocenters. The number of nitrogens with zero attached hydrogens (tertiary/aromatic N) is 3. The van der Waals surface area contributed by atoms with E-state index in [1.54, 1.807) is 31.1 Å². The van der Waals surface area contributed by atoms with E-state index in [0.717, 1.165) is 11.3 Å². The average molecular weight is 386 g/mol. The Bertz CT molecular complexity index is 798. The third kappa shape index (κ3) is 5.52. The Kier molecular flexibility index (Phi) is 7.09. The summed E-state index contributed by atoms with van der Waals surface area (Å²) in [5, 5.41) is 2.87. The van der Waals surface area contributed by atoms with Crippen LogP contribution in [0, 0.1) is 5.92 Å². The molecule has 1 N–H and O–H groups in total. The van der Waals surface area contributed by atoms with E-state index in [2.05, 4.69) is 19.2 Å². The van der Waals surface area contributed by atoms with Gasteiger partial charge in [0.15, 0.2) is 5.76 Å². The van der Waals surface area contributed by atoms with Gasteiger partial charge in [-0.25, -0.2) is 4.79 Å². The number of urea groups is 1. The first-order valence-electron chi connectivity index (χ1n) is 9.30. The van der Waals surface area contributed by atoms with Gasteiger partial charge in [-0.15, -0.1) is 0 Å². The van der Waals surface area contributed by atoms with Crippen molar-refractivity contribution < 1.29 is 14.0 Å². The fraction of sp³-hybridized carbons (Fsp3) is 0.429. The Balaban J connectivity index is 2.35. The molecular formula is C21H30N4O3. The standard InChI is InChI=1S/C21H30N4O3/c1-15(2)13-25(20(26)19-8-7-11-28-19)14-16-12-17(22-21(27)24(5)6)9-10-18(16)23(3)4/h7-12,15H,13-14H2,1-6H3,(H,22,27). The van der Waals surface area contributed by atoms with Crippen LogP contribution in [0.5, 0.6) is 0 Å². The molecule has 2 rings (SSSR count). The third-order valence-corrected chi connectivity index (χ3v) is 4.18. The van der Waals surface area contributed by atoms with E-state index >= 15 is 0 Å². The maximum Gasteiger partial charge on any atom is 0.321 e. The lowest BCUT2D eigenvalue weighted by atomic mass is 10.1. The Hall–Kier alpha value is -2.96. The summed E-state index contributed by atoms with van der Waals surface area (Å²) >= 11 is 0. The molecule has 0 aliphatic heterocycles. The van der Waals surface area contributed by atoms with Crippen molar-refractivity contribution in [3.8, 4) is 0 Å². The molecule has 1 heterocycles. The summed E-state index contributed by atoms with van der Waals surface area (Å²) < 4.78 is 5.31. The van der Waals surface area contributed by atoms with E-state index in [9.17, 15) is 9.59 Å². The predicted molar refractivity (Wildman–Crippen MR) is 112 cm³/mol. The number of amides is 3. The van der Waals surface area contributed by atoms with E-state index in [-0.39, 0.29) is 11.9 Å². The topological polar surface area (TPSA) is 69.0 Å². The van der Waals surface area contributed by atoms with E-state index in [4.69, 9.17) is 4.42 Å². The number of carbonyl (C=O) groups excluding carboxylic acids is 2. The minimum absolute atomic E-state index is 0.147. The second-order valence-electron chi connectivity index (χ2n) is 7.62. The quantitative estimate of drug-likeness (QED) is 0.787. The first-order valence-corrected chi connectivity index (χ1v) is 9.30. The number of rotatable bonds is 7. The molecule has 0 saturated heterocycles. The number of hydrogen-bond donors (Lipinski definition) is 1. The number of nitrogens with one attached hydrogen (secondary N) is 1. The summed E-state index contributed by atoms with van der Waals surface area (Å²) in [6, 6.07) is 8.92. The van der Waals surface area contributed by atoms with E-state index in [1.807, 2.05) is 37.2 Å². The van der Waals surface area contributed by atoms with Gasteiger partial charge in [0.05, 0.1) is 6.26 Å². The van der Waals surface area contributed by atoms with Crippen molar-refractivity contribution in [3.63, 3.8) is 0 Å². The molecule has 28 heavy (non-hydrogen) atoms. The van der Waals surface area contributed by atoms with Gasteiger partial charge < -0.3 is 24.4 Å². The van der Waals surface area contributed by atoms with Crippen LogP contribution in [0.4, 0.5) is 16.2 Å². The lowest BCUT2D eigenvalue weighted by Gasteiger charge is -2.27. The maximum atomic E-state index is 12.9. The largest absolute Gasteiger partial charge is 0.459 e. The van der Waals surface area contributed by atoms with Crippen LogP contribution in [0.1, 0.15) is 30.0 Å². The van der Waals surface area contributed by atoms with Crippen LogP contribution in [-0.2, 0) is 6.54 Å². The normalized spacial score (nSPS) is 10.7. The average Bonchev–Trinajstić information content (AvgIpc) is 3.14. The van der Waals surface area contributed by atoms with Gasteiger partial charge in [0.25, 0.3) is 5.91 Å². The highest BCUT2D eigenvalue weighted by molar-refractivity contribution is 5.92. The maximum absolute atomic E-state index is 12.9. The van der Waals surface area contributed by atoms with Crippen LogP contribution < -0.4 is 10.2 Å². The fourth-order valence-corrected chi connectivity index (χ4v) is 2.88. The van der Waals surface area contributed by atoms with E-state index in [0.29, 0.717) is 30.5 Å². The molecule has 0 fully saturated rings. The van der Waals surface area contributed by atoms with Gasteiger partial charge in [-0.2, -0.15) is 0 Å². The van der Waals surface area contributed by atoms with Crippen LogP contribution in [0.25, 0.3) is 0 Å². The molecular weight excluding hydrogens is 356 g/mol. The number of anilines is 2. The molecule has 7 heteroatoms. The number of hydrogen-bond acceptors (Lipinski definition) is 4. The van der Waals surface area contributed by atoms with Gasteiger partial charge >= 0.3 is 6.03 Å². The molecule has 0 aliphatic carbocycles. The smallest absolute Gasteiger partial charge is 0.321 e. The monoisotopic (exact) mass is 386 g/mol. The first kappa shape index (κ1) is 21.3. The van der Waals surface area contributed by atoms with Gasteiger partial charge in [0, 0.05) is 52.7 Å².